The molecule has 0 spiro atoms. The minimum absolute atomic E-state index is 0.272. The van der Waals surface area contributed by atoms with E-state index in [2.05, 4.69) is 11.1 Å². The molecule has 5 heteroatoms. The Morgan fingerprint density at radius 1 is 1.33 bits per heavy atom. The van der Waals surface area contributed by atoms with Gasteiger partial charge < -0.3 is 19.4 Å². The topological polar surface area (TPSA) is 54.6 Å². The minimum atomic E-state index is -0.272. The number of benzene rings is 1. The molecular weight excluding hydrogens is 268 g/mol. The fraction of sp³-hybridized carbons (Fsp3) is 0.312. The van der Waals surface area contributed by atoms with Crippen LogP contribution in [0.2, 0.25) is 0 Å². The molecule has 0 atom stereocenters. The number of amides is 1. The molecule has 1 amide bonds. The van der Waals surface area contributed by atoms with Crippen molar-refractivity contribution in [2.45, 2.75) is 6.42 Å². The number of hydrogen-bond acceptors (Lipinski definition) is 3. The van der Waals surface area contributed by atoms with Crippen LogP contribution in [-0.4, -0.2) is 43.3 Å². The Kier molecular flexibility index (Phi) is 3.56. The van der Waals surface area contributed by atoms with Crippen molar-refractivity contribution in [3.05, 3.63) is 36.0 Å². The third-order valence-corrected chi connectivity index (χ3v) is 3.88. The van der Waals surface area contributed by atoms with Gasteiger partial charge in [-0.3, -0.25) is 0 Å². The van der Waals surface area contributed by atoms with Crippen LogP contribution in [0.25, 0.3) is 16.5 Å². The molecule has 0 bridgehead atoms. The largest absolute Gasteiger partial charge is 0.497 e. The molecule has 0 unspecified atom stereocenters. The van der Waals surface area contributed by atoms with Crippen LogP contribution in [0.4, 0.5) is 4.79 Å². The number of carbonyl (C=O) groups excluding carboxylic acids is 1. The molecule has 110 valence electrons. The van der Waals surface area contributed by atoms with Gasteiger partial charge in [0, 0.05) is 35.8 Å². The fourth-order valence-electron chi connectivity index (χ4n) is 2.70. The van der Waals surface area contributed by atoms with E-state index in [1.807, 2.05) is 24.4 Å². The molecule has 1 aliphatic rings. The summed E-state index contributed by atoms with van der Waals surface area (Å²) < 4.78 is 10.0. The van der Waals surface area contributed by atoms with Crippen LogP contribution in [0.1, 0.15) is 12.0 Å². The molecule has 0 aliphatic carbocycles. The monoisotopic (exact) mass is 286 g/mol. The summed E-state index contributed by atoms with van der Waals surface area (Å²) in [4.78, 5) is 16.5. The maximum absolute atomic E-state index is 11.5. The van der Waals surface area contributed by atoms with E-state index >= 15 is 0 Å². The van der Waals surface area contributed by atoms with E-state index in [1.165, 1.54) is 18.2 Å². The first-order valence-corrected chi connectivity index (χ1v) is 6.90. The first-order chi connectivity index (χ1) is 10.2. The second-order valence-corrected chi connectivity index (χ2v) is 5.01. The molecule has 0 saturated carbocycles. The van der Waals surface area contributed by atoms with Gasteiger partial charge in [0.25, 0.3) is 0 Å². The van der Waals surface area contributed by atoms with Gasteiger partial charge in [-0.25, -0.2) is 4.79 Å². The standard InChI is InChI=1S/C16H18N2O3/c1-20-12-3-4-15-13(9-12)14(10-17-15)11-5-7-18(8-6-11)16(19)21-2/h3-5,9-10,17H,6-8H2,1-2H3. The summed E-state index contributed by atoms with van der Waals surface area (Å²) >= 11 is 0. The highest BCUT2D eigenvalue weighted by Gasteiger charge is 2.19. The van der Waals surface area contributed by atoms with Crippen molar-refractivity contribution in [2.75, 3.05) is 27.3 Å². The van der Waals surface area contributed by atoms with Crippen LogP contribution in [0.15, 0.2) is 30.5 Å². The summed E-state index contributed by atoms with van der Waals surface area (Å²) in [6, 6.07) is 5.99. The van der Waals surface area contributed by atoms with E-state index in [-0.39, 0.29) is 6.09 Å². The summed E-state index contributed by atoms with van der Waals surface area (Å²) in [6.07, 6.45) is 4.65. The molecule has 1 aromatic heterocycles. The van der Waals surface area contributed by atoms with Crippen molar-refractivity contribution in [3.8, 4) is 5.75 Å². The van der Waals surface area contributed by atoms with Crippen LogP contribution >= 0.6 is 0 Å². The fourth-order valence-corrected chi connectivity index (χ4v) is 2.70. The molecule has 2 aromatic rings. The van der Waals surface area contributed by atoms with Gasteiger partial charge in [-0.15, -0.1) is 0 Å². The minimum Gasteiger partial charge on any atom is -0.497 e. The van der Waals surface area contributed by atoms with E-state index in [1.54, 1.807) is 12.0 Å². The number of fused-ring (bicyclic) bond motifs is 1. The number of H-pyrrole nitrogens is 1. The van der Waals surface area contributed by atoms with Crippen LogP contribution in [0.5, 0.6) is 5.75 Å². The maximum atomic E-state index is 11.5. The molecule has 0 saturated heterocycles. The van der Waals surface area contributed by atoms with Crippen molar-refractivity contribution in [3.63, 3.8) is 0 Å². The number of nitrogens with zero attached hydrogens (tertiary/aromatic N) is 1. The maximum Gasteiger partial charge on any atom is 0.409 e. The second-order valence-electron chi connectivity index (χ2n) is 5.01. The smallest absolute Gasteiger partial charge is 0.409 e. The zero-order chi connectivity index (χ0) is 14.8. The average molecular weight is 286 g/mol. The number of methoxy groups -OCH3 is 2. The number of rotatable bonds is 2. The van der Waals surface area contributed by atoms with Crippen molar-refractivity contribution in [2.24, 2.45) is 0 Å². The SMILES string of the molecule is COC(=O)N1CC=C(c2c[nH]c3ccc(OC)cc23)CC1. The average Bonchev–Trinajstić information content (AvgIpc) is 2.97. The first kappa shape index (κ1) is 13.5. The van der Waals surface area contributed by atoms with Crippen molar-refractivity contribution in [1.29, 1.82) is 0 Å². The molecule has 21 heavy (non-hydrogen) atoms. The van der Waals surface area contributed by atoms with Gasteiger partial charge in [0.2, 0.25) is 0 Å². The van der Waals surface area contributed by atoms with Gasteiger partial charge in [0.15, 0.2) is 0 Å². The highest BCUT2D eigenvalue weighted by molar-refractivity contribution is 5.93. The second kappa shape index (κ2) is 5.52. The Morgan fingerprint density at radius 3 is 2.86 bits per heavy atom. The highest BCUT2D eigenvalue weighted by Crippen LogP contribution is 2.31. The van der Waals surface area contributed by atoms with Crippen molar-refractivity contribution >= 4 is 22.6 Å². The zero-order valence-electron chi connectivity index (χ0n) is 12.2. The summed E-state index contributed by atoms with van der Waals surface area (Å²) in [6.45, 7) is 1.26. The number of ether oxygens (including phenoxy) is 2. The lowest BCUT2D eigenvalue weighted by Gasteiger charge is -2.25. The molecule has 2 heterocycles. The number of hydrogen-bond donors (Lipinski definition) is 1. The van der Waals surface area contributed by atoms with Gasteiger partial charge in [-0.1, -0.05) is 6.08 Å². The highest BCUT2D eigenvalue weighted by atomic mass is 16.5. The predicted octanol–water partition coefficient (Wildman–Crippen LogP) is 3.03. The lowest BCUT2D eigenvalue weighted by molar-refractivity contribution is 0.128. The summed E-state index contributed by atoms with van der Waals surface area (Å²) in [5.74, 6) is 0.843. The molecule has 0 fully saturated rings. The molecule has 1 aromatic carbocycles. The molecule has 1 N–H and O–H groups in total. The van der Waals surface area contributed by atoms with Gasteiger partial charge in [0.05, 0.1) is 14.2 Å². The van der Waals surface area contributed by atoms with E-state index in [0.717, 1.165) is 23.1 Å². The zero-order valence-corrected chi connectivity index (χ0v) is 12.2. The lowest BCUT2D eigenvalue weighted by atomic mass is 9.99. The van der Waals surface area contributed by atoms with Crippen LogP contribution in [-0.2, 0) is 4.74 Å². The molecule has 1 aliphatic heterocycles. The first-order valence-electron chi connectivity index (χ1n) is 6.90. The Bertz CT molecular complexity index is 703. The normalized spacial score (nSPS) is 15.0. The Labute approximate surface area is 123 Å². The summed E-state index contributed by atoms with van der Waals surface area (Å²) in [7, 11) is 3.08. The van der Waals surface area contributed by atoms with Gasteiger partial charge in [-0.2, -0.15) is 0 Å². The third kappa shape index (κ3) is 2.46. The summed E-state index contributed by atoms with van der Waals surface area (Å²) in [5.41, 5.74) is 3.50. The Morgan fingerprint density at radius 2 is 2.19 bits per heavy atom. The lowest BCUT2D eigenvalue weighted by Crippen LogP contribution is -2.34. The van der Waals surface area contributed by atoms with Crippen molar-refractivity contribution in [1.82, 2.24) is 9.88 Å². The third-order valence-electron chi connectivity index (χ3n) is 3.88. The van der Waals surface area contributed by atoms with Gasteiger partial charge in [0.1, 0.15) is 5.75 Å². The van der Waals surface area contributed by atoms with Crippen LogP contribution < -0.4 is 4.74 Å². The Balaban J connectivity index is 1.91. The summed E-state index contributed by atoms with van der Waals surface area (Å²) in [5, 5.41) is 1.15. The number of nitrogens with one attached hydrogen (secondary N) is 1. The number of aromatic amines is 1. The molecule has 3 rings (SSSR count). The molecular formula is C16H18N2O3. The quantitative estimate of drug-likeness (QED) is 0.923. The molecule has 5 nitrogen and oxygen atoms in total. The van der Waals surface area contributed by atoms with E-state index < -0.39 is 0 Å². The van der Waals surface area contributed by atoms with Gasteiger partial charge in [-0.05, 0) is 30.2 Å². The number of carbonyl (C=O) groups is 1. The van der Waals surface area contributed by atoms with E-state index in [9.17, 15) is 4.79 Å². The van der Waals surface area contributed by atoms with Gasteiger partial charge >= 0.3 is 6.09 Å². The predicted molar refractivity (Wildman–Crippen MR) is 81.4 cm³/mol. The van der Waals surface area contributed by atoms with Crippen molar-refractivity contribution < 1.29 is 14.3 Å². The van der Waals surface area contributed by atoms with E-state index in [4.69, 9.17) is 9.47 Å². The Hall–Kier alpha value is -2.43. The van der Waals surface area contributed by atoms with E-state index in [0.29, 0.717) is 13.1 Å². The molecule has 0 radical (unpaired) electrons. The van der Waals surface area contributed by atoms with Crippen LogP contribution in [0.3, 0.4) is 0 Å². The van der Waals surface area contributed by atoms with Crippen LogP contribution in [0, 0.1) is 0 Å². The number of aromatic nitrogens is 1.